The zero-order valence-electron chi connectivity index (χ0n) is 11.4. The van der Waals surface area contributed by atoms with Crippen LogP contribution in [0.25, 0.3) is 0 Å². The first-order valence-corrected chi connectivity index (χ1v) is 6.29. The second-order valence-electron chi connectivity index (χ2n) is 4.53. The lowest BCUT2D eigenvalue weighted by molar-refractivity contribution is -0.161. The van der Waals surface area contributed by atoms with Gasteiger partial charge in [0.1, 0.15) is 0 Å². The van der Waals surface area contributed by atoms with Crippen molar-refractivity contribution in [1.82, 2.24) is 0 Å². The molecule has 0 aromatic heterocycles. The monoisotopic (exact) mass is 276 g/mol. The van der Waals surface area contributed by atoms with Gasteiger partial charge in [-0.25, -0.2) is 4.79 Å². The van der Waals surface area contributed by atoms with Crippen molar-refractivity contribution in [2.24, 2.45) is 10.2 Å². The number of carbonyl (C=O) groups excluding carboxylic acids is 2. The molecule has 106 valence electrons. The highest BCUT2D eigenvalue weighted by atomic mass is 16.6. The van der Waals surface area contributed by atoms with Gasteiger partial charge in [-0.2, -0.15) is 10.2 Å². The van der Waals surface area contributed by atoms with Gasteiger partial charge in [0.15, 0.2) is 6.10 Å². The molecule has 0 spiro atoms. The Balaban J connectivity index is 2.46. The van der Waals surface area contributed by atoms with E-state index in [0.29, 0.717) is 18.5 Å². The average molecular weight is 276 g/mol. The minimum Gasteiger partial charge on any atom is -0.467 e. The fourth-order valence-electron chi connectivity index (χ4n) is 2.29. The highest BCUT2D eigenvalue weighted by Gasteiger charge is 2.52. The SMILES string of the molecule is COC(=O)[C@@]1([C@H](OC(C)=O)c2ccccc2)CCN=N1. The van der Waals surface area contributed by atoms with Crippen LogP contribution in [-0.4, -0.2) is 31.1 Å². The van der Waals surface area contributed by atoms with Crippen LogP contribution in [0, 0.1) is 0 Å². The minimum atomic E-state index is -1.29. The third-order valence-electron chi connectivity index (χ3n) is 3.20. The van der Waals surface area contributed by atoms with Gasteiger partial charge in [-0.05, 0) is 5.56 Å². The molecule has 0 radical (unpaired) electrons. The van der Waals surface area contributed by atoms with Crippen molar-refractivity contribution in [1.29, 1.82) is 0 Å². The van der Waals surface area contributed by atoms with Gasteiger partial charge in [-0.1, -0.05) is 30.3 Å². The number of benzene rings is 1. The second kappa shape index (κ2) is 5.81. The van der Waals surface area contributed by atoms with Crippen LogP contribution in [0.3, 0.4) is 0 Å². The maximum absolute atomic E-state index is 12.2. The Morgan fingerprint density at radius 1 is 1.30 bits per heavy atom. The summed E-state index contributed by atoms with van der Waals surface area (Å²) in [5.74, 6) is -1.03. The van der Waals surface area contributed by atoms with Gasteiger partial charge < -0.3 is 9.47 Å². The second-order valence-corrected chi connectivity index (χ2v) is 4.53. The molecule has 0 aliphatic carbocycles. The normalized spacial score (nSPS) is 22.3. The van der Waals surface area contributed by atoms with E-state index in [9.17, 15) is 9.59 Å². The van der Waals surface area contributed by atoms with E-state index in [4.69, 9.17) is 9.47 Å². The van der Waals surface area contributed by atoms with Gasteiger partial charge in [-0.15, -0.1) is 0 Å². The Hall–Kier alpha value is -2.24. The van der Waals surface area contributed by atoms with E-state index < -0.39 is 23.6 Å². The van der Waals surface area contributed by atoms with Crippen molar-refractivity contribution in [2.45, 2.75) is 25.0 Å². The Kier molecular flexibility index (Phi) is 4.12. The van der Waals surface area contributed by atoms with Gasteiger partial charge in [0.05, 0.1) is 13.7 Å². The number of nitrogens with zero attached hydrogens (tertiary/aromatic N) is 2. The van der Waals surface area contributed by atoms with Crippen LogP contribution in [0.4, 0.5) is 0 Å². The molecule has 1 aromatic rings. The summed E-state index contributed by atoms with van der Waals surface area (Å²) >= 11 is 0. The molecule has 6 heteroatoms. The van der Waals surface area contributed by atoms with Crippen LogP contribution < -0.4 is 0 Å². The van der Waals surface area contributed by atoms with Gasteiger partial charge in [0.25, 0.3) is 0 Å². The summed E-state index contributed by atoms with van der Waals surface area (Å²) in [6, 6.07) is 9.03. The molecule has 1 aliphatic heterocycles. The lowest BCUT2D eigenvalue weighted by Gasteiger charge is -2.30. The first-order valence-electron chi connectivity index (χ1n) is 6.29. The van der Waals surface area contributed by atoms with Crippen molar-refractivity contribution in [3.8, 4) is 0 Å². The van der Waals surface area contributed by atoms with Gasteiger partial charge in [0, 0.05) is 13.3 Å². The van der Waals surface area contributed by atoms with E-state index in [1.807, 2.05) is 18.2 Å². The zero-order chi connectivity index (χ0) is 14.6. The molecule has 0 saturated carbocycles. The first-order chi connectivity index (χ1) is 9.60. The van der Waals surface area contributed by atoms with Crippen LogP contribution in [0.15, 0.2) is 40.6 Å². The minimum absolute atomic E-state index is 0.354. The summed E-state index contributed by atoms with van der Waals surface area (Å²) in [5.41, 5.74) is -0.601. The van der Waals surface area contributed by atoms with E-state index >= 15 is 0 Å². The molecule has 1 aromatic carbocycles. The zero-order valence-corrected chi connectivity index (χ0v) is 11.4. The fraction of sp³-hybridized carbons (Fsp3) is 0.429. The van der Waals surface area contributed by atoms with E-state index in [2.05, 4.69) is 10.2 Å². The number of ether oxygens (including phenoxy) is 2. The number of hydrogen-bond acceptors (Lipinski definition) is 6. The van der Waals surface area contributed by atoms with Crippen LogP contribution in [0.2, 0.25) is 0 Å². The molecule has 0 bridgehead atoms. The predicted molar refractivity (Wildman–Crippen MR) is 70.0 cm³/mol. The lowest BCUT2D eigenvalue weighted by Crippen LogP contribution is -2.44. The molecule has 20 heavy (non-hydrogen) atoms. The Morgan fingerprint density at radius 2 is 2.00 bits per heavy atom. The summed E-state index contributed by atoms with van der Waals surface area (Å²) < 4.78 is 10.2. The van der Waals surface area contributed by atoms with Crippen molar-refractivity contribution in [2.75, 3.05) is 13.7 Å². The van der Waals surface area contributed by atoms with Crippen molar-refractivity contribution >= 4 is 11.9 Å². The van der Waals surface area contributed by atoms with Crippen LogP contribution >= 0.6 is 0 Å². The number of methoxy groups -OCH3 is 1. The summed E-state index contributed by atoms with van der Waals surface area (Å²) in [6.45, 7) is 1.70. The maximum atomic E-state index is 12.2. The molecular weight excluding hydrogens is 260 g/mol. The number of rotatable bonds is 4. The van der Waals surface area contributed by atoms with Crippen molar-refractivity contribution in [3.05, 3.63) is 35.9 Å². The van der Waals surface area contributed by atoms with Crippen molar-refractivity contribution in [3.63, 3.8) is 0 Å². The average Bonchev–Trinajstić information content (AvgIpc) is 2.95. The third kappa shape index (κ3) is 2.54. The van der Waals surface area contributed by atoms with Gasteiger partial charge in [0.2, 0.25) is 5.54 Å². The first kappa shape index (κ1) is 14.2. The molecular formula is C14H16N2O4. The smallest absolute Gasteiger partial charge is 0.340 e. The summed E-state index contributed by atoms with van der Waals surface area (Å²) in [6.07, 6.45) is -0.480. The van der Waals surface area contributed by atoms with E-state index in [1.54, 1.807) is 12.1 Å². The van der Waals surface area contributed by atoms with Gasteiger partial charge in [-0.3, -0.25) is 4.79 Å². The molecule has 0 unspecified atom stereocenters. The maximum Gasteiger partial charge on any atom is 0.340 e. The molecule has 2 rings (SSSR count). The van der Waals surface area contributed by atoms with E-state index in [1.165, 1.54) is 14.0 Å². The molecule has 0 saturated heterocycles. The quantitative estimate of drug-likeness (QED) is 0.789. The summed E-state index contributed by atoms with van der Waals surface area (Å²) in [7, 11) is 1.29. The van der Waals surface area contributed by atoms with Crippen molar-refractivity contribution < 1.29 is 19.1 Å². The lowest BCUT2D eigenvalue weighted by atomic mass is 9.85. The standard InChI is InChI=1S/C14H16N2O4/c1-10(17)20-12(11-6-4-3-5-7-11)14(13(18)19-2)8-9-15-16-14/h3-7,12H,8-9H2,1-2H3/t12-,14+/m1/s1. The molecule has 2 atom stereocenters. The third-order valence-corrected chi connectivity index (χ3v) is 3.20. The molecule has 0 amide bonds. The Morgan fingerprint density at radius 3 is 2.50 bits per heavy atom. The van der Waals surface area contributed by atoms with E-state index in [0.717, 1.165) is 0 Å². The molecule has 1 aliphatic rings. The summed E-state index contributed by atoms with van der Waals surface area (Å²) in [5, 5.41) is 7.93. The highest BCUT2D eigenvalue weighted by Crippen LogP contribution is 2.40. The van der Waals surface area contributed by atoms with Crippen LogP contribution in [-0.2, 0) is 19.1 Å². The highest BCUT2D eigenvalue weighted by molar-refractivity contribution is 5.83. The van der Waals surface area contributed by atoms with E-state index in [-0.39, 0.29) is 0 Å². The van der Waals surface area contributed by atoms with Crippen LogP contribution in [0.5, 0.6) is 0 Å². The number of azo groups is 1. The Labute approximate surface area is 116 Å². The Bertz CT molecular complexity index is 529. The number of hydrogen-bond donors (Lipinski definition) is 0. The summed E-state index contributed by atoms with van der Waals surface area (Å²) in [4.78, 5) is 23.6. The van der Waals surface area contributed by atoms with Crippen LogP contribution in [0.1, 0.15) is 25.0 Å². The predicted octanol–water partition coefficient (Wildman–Crippen LogP) is 2.06. The molecule has 0 fully saturated rings. The molecule has 0 N–H and O–H groups in total. The number of carbonyl (C=O) groups is 2. The fourth-order valence-corrected chi connectivity index (χ4v) is 2.29. The number of esters is 2. The topological polar surface area (TPSA) is 77.3 Å². The van der Waals surface area contributed by atoms with Gasteiger partial charge >= 0.3 is 11.9 Å². The largest absolute Gasteiger partial charge is 0.467 e. The molecule has 1 heterocycles. The molecule has 6 nitrogen and oxygen atoms in total.